The Kier molecular flexibility index (Phi) is 4.03. The number of carbonyl (C=O) groups excluding carboxylic acids is 1. The van der Waals surface area contributed by atoms with Crippen molar-refractivity contribution in [2.24, 2.45) is 0 Å². The van der Waals surface area contributed by atoms with E-state index < -0.39 is 0 Å². The molecule has 2 N–H and O–H groups in total. The highest BCUT2D eigenvalue weighted by molar-refractivity contribution is 7.08. The molecule has 0 fully saturated rings. The molecule has 1 amide bonds. The molecule has 0 aliphatic carbocycles. The number of anilines is 1. The van der Waals surface area contributed by atoms with Crippen LogP contribution in [0, 0.1) is 0 Å². The third-order valence-corrected chi connectivity index (χ3v) is 3.27. The maximum atomic E-state index is 12.0. The molecule has 0 aliphatic rings. The van der Waals surface area contributed by atoms with E-state index in [9.17, 15) is 4.79 Å². The molecule has 0 saturated carbocycles. The predicted octanol–water partition coefficient (Wildman–Crippen LogP) is 2.03. The highest BCUT2D eigenvalue weighted by Gasteiger charge is 2.16. The van der Waals surface area contributed by atoms with Crippen LogP contribution in [0.2, 0.25) is 0 Å². The molecule has 2 aromatic rings. The third kappa shape index (κ3) is 2.73. The number of rotatable bonds is 5. The first-order valence-electron chi connectivity index (χ1n) is 5.91. The normalized spacial score (nSPS) is 10.6. The van der Waals surface area contributed by atoms with Crippen LogP contribution in [-0.4, -0.2) is 25.7 Å². The van der Waals surface area contributed by atoms with E-state index in [0.29, 0.717) is 10.7 Å². The molecule has 0 unspecified atom stereocenters. The topological polar surface area (TPSA) is 83.6 Å². The molecule has 0 aromatic carbocycles. The first-order valence-corrected chi connectivity index (χ1v) is 6.68. The third-order valence-electron chi connectivity index (χ3n) is 2.50. The first kappa shape index (κ1) is 12.7. The number of nitrogens with zero attached hydrogens (tertiary/aromatic N) is 3. The zero-order valence-corrected chi connectivity index (χ0v) is 11.2. The molecule has 0 spiro atoms. The van der Waals surface area contributed by atoms with Crippen LogP contribution in [0.15, 0.2) is 6.07 Å². The second kappa shape index (κ2) is 5.72. The Labute approximate surface area is 109 Å². The number of aromatic nitrogens is 4. The Hall–Kier alpha value is -1.76. The Morgan fingerprint density at radius 3 is 3.00 bits per heavy atom. The van der Waals surface area contributed by atoms with Crippen molar-refractivity contribution < 1.29 is 4.79 Å². The molecule has 7 heteroatoms. The molecule has 0 aliphatic heterocycles. The number of carbonyl (C=O) groups is 1. The maximum absolute atomic E-state index is 12.0. The molecule has 2 aromatic heterocycles. The Balaban J connectivity index is 2.09. The summed E-state index contributed by atoms with van der Waals surface area (Å²) in [5, 5.41) is 13.6. The van der Waals surface area contributed by atoms with Gasteiger partial charge in [0, 0.05) is 11.8 Å². The van der Waals surface area contributed by atoms with Crippen molar-refractivity contribution in [3.05, 3.63) is 22.3 Å². The van der Waals surface area contributed by atoms with E-state index in [1.807, 2.05) is 19.9 Å². The lowest BCUT2D eigenvalue weighted by molar-refractivity contribution is 0.102. The maximum Gasteiger partial charge on any atom is 0.270 e. The zero-order chi connectivity index (χ0) is 13.0. The number of H-pyrrole nitrogens is 1. The number of nitrogens with one attached hydrogen (secondary N) is 2. The van der Waals surface area contributed by atoms with Gasteiger partial charge in [0.15, 0.2) is 5.82 Å². The minimum absolute atomic E-state index is 0.192. The summed E-state index contributed by atoms with van der Waals surface area (Å²) in [5.74, 6) is 0.343. The number of amides is 1. The van der Waals surface area contributed by atoms with Crippen LogP contribution in [0.1, 0.15) is 41.3 Å². The summed E-state index contributed by atoms with van der Waals surface area (Å²) >= 11 is 1.12. The van der Waals surface area contributed by atoms with Crippen LogP contribution in [-0.2, 0) is 12.8 Å². The molecule has 2 heterocycles. The van der Waals surface area contributed by atoms with Gasteiger partial charge in [-0.15, -0.1) is 5.10 Å². The van der Waals surface area contributed by atoms with E-state index in [2.05, 4.69) is 25.1 Å². The highest BCUT2D eigenvalue weighted by atomic mass is 32.1. The van der Waals surface area contributed by atoms with Crippen molar-refractivity contribution in [2.45, 2.75) is 33.1 Å². The number of hydrogen-bond donors (Lipinski definition) is 2. The summed E-state index contributed by atoms with van der Waals surface area (Å²) in [4.78, 5) is 12.6. The van der Waals surface area contributed by atoms with E-state index >= 15 is 0 Å². The second-order valence-electron chi connectivity index (χ2n) is 3.88. The average molecular weight is 265 g/mol. The van der Waals surface area contributed by atoms with Crippen LogP contribution in [0.4, 0.5) is 5.82 Å². The minimum Gasteiger partial charge on any atom is -0.304 e. The van der Waals surface area contributed by atoms with Crippen molar-refractivity contribution in [3.8, 4) is 0 Å². The Morgan fingerprint density at radius 2 is 2.33 bits per heavy atom. The largest absolute Gasteiger partial charge is 0.304 e. The van der Waals surface area contributed by atoms with Gasteiger partial charge in [0.05, 0.1) is 5.69 Å². The monoisotopic (exact) mass is 265 g/mol. The Morgan fingerprint density at radius 1 is 1.50 bits per heavy atom. The fourth-order valence-corrected chi connectivity index (χ4v) is 2.16. The van der Waals surface area contributed by atoms with Gasteiger partial charge in [-0.3, -0.25) is 9.89 Å². The smallest absolute Gasteiger partial charge is 0.270 e. The molecule has 18 heavy (non-hydrogen) atoms. The Bertz CT molecular complexity index is 533. The lowest BCUT2D eigenvalue weighted by Crippen LogP contribution is -2.12. The molecule has 0 saturated heterocycles. The molecule has 0 atom stereocenters. The van der Waals surface area contributed by atoms with Crippen LogP contribution >= 0.6 is 11.5 Å². The molecule has 2 rings (SSSR count). The first-order chi connectivity index (χ1) is 8.74. The van der Waals surface area contributed by atoms with Gasteiger partial charge in [-0.2, -0.15) is 5.10 Å². The van der Waals surface area contributed by atoms with Crippen molar-refractivity contribution >= 4 is 23.3 Å². The van der Waals surface area contributed by atoms with Gasteiger partial charge in [0.25, 0.3) is 5.91 Å². The quantitative estimate of drug-likeness (QED) is 0.866. The van der Waals surface area contributed by atoms with Gasteiger partial charge >= 0.3 is 0 Å². The summed E-state index contributed by atoms with van der Waals surface area (Å²) in [6.45, 7) is 4.06. The summed E-state index contributed by atoms with van der Waals surface area (Å²) in [6, 6.07) is 1.83. The predicted molar refractivity (Wildman–Crippen MR) is 69.8 cm³/mol. The van der Waals surface area contributed by atoms with E-state index in [-0.39, 0.29) is 5.91 Å². The average Bonchev–Trinajstić information content (AvgIpc) is 2.98. The van der Waals surface area contributed by atoms with Gasteiger partial charge in [-0.25, -0.2) is 0 Å². The second-order valence-corrected chi connectivity index (χ2v) is 4.64. The summed E-state index contributed by atoms with van der Waals surface area (Å²) in [7, 11) is 0. The summed E-state index contributed by atoms with van der Waals surface area (Å²) < 4.78 is 3.83. The SMILES string of the molecule is CCCc1nnsc1C(=O)Nc1cc(CC)[nH]n1. The van der Waals surface area contributed by atoms with Crippen molar-refractivity contribution in [2.75, 3.05) is 5.32 Å². The highest BCUT2D eigenvalue weighted by Crippen LogP contribution is 2.15. The fraction of sp³-hybridized carbons (Fsp3) is 0.455. The molecule has 0 radical (unpaired) electrons. The lowest BCUT2D eigenvalue weighted by Gasteiger charge is -1.99. The van der Waals surface area contributed by atoms with Gasteiger partial charge in [-0.1, -0.05) is 24.8 Å². The molecule has 96 valence electrons. The van der Waals surface area contributed by atoms with E-state index in [4.69, 9.17) is 0 Å². The van der Waals surface area contributed by atoms with E-state index in [1.165, 1.54) is 0 Å². The van der Waals surface area contributed by atoms with Crippen LogP contribution in [0.3, 0.4) is 0 Å². The van der Waals surface area contributed by atoms with Crippen molar-refractivity contribution in [3.63, 3.8) is 0 Å². The summed E-state index contributed by atoms with van der Waals surface area (Å²) in [6.07, 6.45) is 2.56. The van der Waals surface area contributed by atoms with Gasteiger partial charge < -0.3 is 5.32 Å². The van der Waals surface area contributed by atoms with Crippen LogP contribution in [0.25, 0.3) is 0 Å². The number of hydrogen-bond acceptors (Lipinski definition) is 5. The number of aryl methyl sites for hydroxylation is 2. The van der Waals surface area contributed by atoms with Gasteiger partial charge in [-0.05, 0) is 24.4 Å². The molecule has 6 nitrogen and oxygen atoms in total. The molecular weight excluding hydrogens is 250 g/mol. The van der Waals surface area contributed by atoms with Crippen molar-refractivity contribution in [1.29, 1.82) is 0 Å². The lowest BCUT2D eigenvalue weighted by atomic mass is 10.2. The van der Waals surface area contributed by atoms with Crippen LogP contribution in [0.5, 0.6) is 0 Å². The van der Waals surface area contributed by atoms with E-state index in [1.54, 1.807) is 0 Å². The molecule has 0 bridgehead atoms. The standard InChI is InChI=1S/C11H15N5OS/c1-3-5-8-10(18-16-14-8)11(17)12-9-6-7(4-2)13-15-9/h6H,3-5H2,1-2H3,(H2,12,13,15,17). The molecular formula is C11H15N5OS. The minimum atomic E-state index is -0.192. The van der Waals surface area contributed by atoms with Crippen molar-refractivity contribution in [1.82, 2.24) is 19.8 Å². The van der Waals surface area contributed by atoms with Crippen LogP contribution < -0.4 is 5.32 Å². The zero-order valence-electron chi connectivity index (χ0n) is 10.4. The van der Waals surface area contributed by atoms with E-state index in [0.717, 1.165) is 42.2 Å². The van der Waals surface area contributed by atoms with Gasteiger partial charge in [0.1, 0.15) is 4.88 Å². The van der Waals surface area contributed by atoms with Gasteiger partial charge in [0.2, 0.25) is 0 Å². The summed E-state index contributed by atoms with van der Waals surface area (Å²) in [5.41, 5.74) is 1.74. The fourth-order valence-electron chi connectivity index (χ4n) is 1.56. The number of aromatic amines is 1.